The van der Waals surface area contributed by atoms with Crippen LogP contribution < -0.4 is 0 Å². The van der Waals surface area contributed by atoms with Crippen molar-refractivity contribution in [3.05, 3.63) is 0 Å². The van der Waals surface area contributed by atoms with Crippen molar-refractivity contribution in [2.45, 2.75) is 44.1 Å². The molecule has 0 amide bonds. The fourth-order valence-corrected chi connectivity index (χ4v) is 6.79. The molecule has 11 heavy (non-hydrogen) atoms. The van der Waals surface area contributed by atoms with Crippen LogP contribution in [0.4, 0.5) is 0 Å². The van der Waals surface area contributed by atoms with Crippen molar-refractivity contribution in [2.75, 3.05) is 0 Å². The van der Waals surface area contributed by atoms with Gasteiger partial charge in [0.15, 0.2) is 0 Å². The van der Waals surface area contributed by atoms with Crippen molar-refractivity contribution < 1.29 is 0 Å². The summed E-state index contributed by atoms with van der Waals surface area (Å²) in [5, 5.41) is 0. The zero-order valence-corrected chi connectivity index (χ0v) is 12.2. The summed E-state index contributed by atoms with van der Waals surface area (Å²) < 4.78 is -1.35. The van der Waals surface area contributed by atoms with E-state index < -0.39 is 3.93 Å². The molecule has 0 saturated heterocycles. The first-order valence-corrected chi connectivity index (χ1v) is 13.0. The topological polar surface area (TPSA) is 0 Å². The number of hydrogen-bond donors (Lipinski definition) is 0. The summed E-state index contributed by atoms with van der Waals surface area (Å²) in [6.45, 7) is 0. The predicted molar refractivity (Wildman–Crippen MR) is 64.0 cm³/mol. The smallest absolute Gasteiger partial charge is 0.0961 e. The Morgan fingerprint density at radius 3 is 1.64 bits per heavy atom. The van der Waals surface area contributed by atoms with Crippen molar-refractivity contribution in [1.82, 2.24) is 0 Å². The molecule has 4 heteroatoms. The van der Waals surface area contributed by atoms with E-state index in [1.54, 1.807) is 0 Å². The van der Waals surface area contributed by atoms with Crippen LogP contribution in [0.25, 0.3) is 0 Å². The van der Waals surface area contributed by atoms with Crippen LogP contribution in [-0.4, -0.2) is 3.93 Å². The Balaban J connectivity index is 2.43. The van der Waals surface area contributed by atoms with Gasteiger partial charge in [-0.05, 0) is 5.54 Å². The molecule has 0 aromatic carbocycles. The van der Waals surface area contributed by atoms with Gasteiger partial charge in [0.05, 0.1) is 0 Å². The lowest BCUT2D eigenvalue weighted by molar-refractivity contribution is 0.695. The van der Waals surface area contributed by atoms with E-state index in [0.717, 1.165) is 5.54 Å². The Kier molecular flexibility index (Phi) is 4.66. The third-order valence-electron chi connectivity index (χ3n) is 2.32. The highest BCUT2D eigenvalue weighted by Gasteiger charge is 2.33. The van der Waals surface area contributed by atoms with E-state index in [2.05, 4.69) is 45.9 Å². The third-order valence-corrected chi connectivity index (χ3v) is 9.65. The van der Waals surface area contributed by atoms with Gasteiger partial charge in [0, 0.05) is 0 Å². The van der Waals surface area contributed by atoms with E-state index in [1.165, 1.54) is 38.5 Å². The molecule has 66 valence electrons. The van der Waals surface area contributed by atoms with Crippen LogP contribution in [0, 0.1) is 0 Å². The maximum atomic E-state index is 3.75. The molecule has 1 aliphatic carbocycles. The molecule has 1 aliphatic rings. The zero-order chi connectivity index (χ0) is 8.32. The molecule has 0 aromatic rings. The Hall–Kier alpha value is 1.66. The van der Waals surface area contributed by atoms with Crippen LogP contribution in [0.3, 0.4) is 0 Å². The molecule has 1 saturated carbocycles. The summed E-state index contributed by atoms with van der Waals surface area (Å²) in [6.07, 6.45) is 8.51. The second-order valence-corrected chi connectivity index (χ2v) is 26.0. The minimum absolute atomic E-state index is 0.880. The lowest BCUT2D eigenvalue weighted by Gasteiger charge is -2.21. The van der Waals surface area contributed by atoms with Crippen molar-refractivity contribution in [3.8, 4) is 0 Å². The fraction of sp³-hybridized carbons (Fsp3) is 1.00. The van der Waals surface area contributed by atoms with Crippen LogP contribution >= 0.6 is 45.9 Å². The first kappa shape index (κ1) is 10.7. The fourth-order valence-electron chi connectivity index (χ4n) is 1.61. The Bertz CT molecular complexity index is 113. The SMILES string of the molecule is Br[Si](Br)(Br)C1CCCCCC1. The normalized spacial score (nSPS) is 23.2. The quantitative estimate of drug-likeness (QED) is 0.355. The predicted octanol–water partition coefficient (Wildman–Crippen LogP) is 4.83. The summed E-state index contributed by atoms with van der Waals surface area (Å²) in [7, 11) is 0. The van der Waals surface area contributed by atoms with Gasteiger partial charge < -0.3 is 0 Å². The number of hydrogen-bond acceptors (Lipinski definition) is 0. The second-order valence-electron chi connectivity index (χ2n) is 3.23. The Labute approximate surface area is 93.3 Å². The van der Waals surface area contributed by atoms with Crippen LogP contribution in [0.5, 0.6) is 0 Å². The van der Waals surface area contributed by atoms with E-state index in [-0.39, 0.29) is 0 Å². The molecule has 0 heterocycles. The average Bonchev–Trinajstić information content (AvgIpc) is 2.10. The molecule has 0 aliphatic heterocycles. The molecule has 1 rings (SSSR count). The van der Waals surface area contributed by atoms with E-state index in [4.69, 9.17) is 0 Å². The van der Waals surface area contributed by atoms with Gasteiger partial charge in [-0.1, -0.05) is 84.4 Å². The van der Waals surface area contributed by atoms with Gasteiger partial charge in [0.25, 0.3) is 3.93 Å². The summed E-state index contributed by atoms with van der Waals surface area (Å²) in [4.78, 5) is 0. The highest BCUT2D eigenvalue weighted by Crippen LogP contribution is 2.46. The molecule has 0 bridgehead atoms. The maximum absolute atomic E-state index is 3.75. The first-order chi connectivity index (χ1) is 5.11. The van der Waals surface area contributed by atoms with Gasteiger partial charge in [-0.2, -0.15) is 0 Å². The molecule has 0 N–H and O–H groups in total. The molecule has 0 aromatic heterocycles. The molecule has 0 nitrogen and oxygen atoms in total. The van der Waals surface area contributed by atoms with E-state index in [9.17, 15) is 0 Å². The molecule has 0 unspecified atom stereocenters. The van der Waals surface area contributed by atoms with Gasteiger partial charge in [0.2, 0.25) is 0 Å². The number of rotatable bonds is 1. The molecular formula is C7H13Br3Si. The largest absolute Gasteiger partial charge is 0.270 e. The molecule has 0 atom stereocenters. The average molecular weight is 365 g/mol. The van der Waals surface area contributed by atoms with Gasteiger partial charge >= 0.3 is 0 Å². The van der Waals surface area contributed by atoms with Crippen LogP contribution in [-0.2, 0) is 0 Å². The van der Waals surface area contributed by atoms with Gasteiger partial charge in [0.1, 0.15) is 0 Å². The minimum Gasteiger partial charge on any atom is -0.0961 e. The van der Waals surface area contributed by atoms with E-state index in [0.29, 0.717) is 0 Å². The molecular weight excluding hydrogens is 352 g/mol. The summed E-state index contributed by atoms with van der Waals surface area (Å²) in [5.41, 5.74) is 0.880. The standard InChI is InChI=1S/C7H13Br3Si/c8-11(9,10)7-5-3-1-2-4-6-7/h7H,1-6H2. The number of halogens is 3. The van der Waals surface area contributed by atoms with Crippen LogP contribution in [0.15, 0.2) is 0 Å². The summed E-state index contributed by atoms with van der Waals surface area (Å²) in [6, 6.07) is 0. The summed E-state index contributed by atoms with van der Waals surface area (Å²) >= 11 is 11.2. The zero-order valence-electron chi connectivity index (χ0n) is 6.45. The Morgan fingerprint density at radius 1 is 0.818 bits per heavy atom. The lowest BCUT2D eigenvalue weighted by Crippen LogP contribution is -2.16. The first-order valence-electron chi connectivity index (χ1n) is 4.17. The monoisotopic (exact) mass is 362 g/mol. The van der Waals surface area contributed by atoms with Crippen molar-refractivity contribution in [1.29, 1.82) is 0 Å². The third kappa shape index (κ3) is 3.92. The summed E-state index contributed by atoms with van der Waals surface area (Å²) in [5.74, 6) is 0. The van der Waals surface area contributed by atoms with Gasteiger partial charge in [-0.25, -0.2) is 0 Å². The van der Waals surface area contributed by atoms with Crippen molar-refractivity contribution >= 4 is 49.8 Å². The van der Waals surface area contributed by atoms with Gasteiger partial charge in [-0.15, -0.1) is 0 Å². The molecule has 1 fully saturated rings. The molecule has 0 spiro atoms. The maximum Gasteiger partial charge on any atom is 0.270 e. The highest BCUT2D eigenvalue weighted by atomic mass is 80.0. The minimum atomic E-state index is -1.35. The lowest BCUT2D eigenvalue weighted by atomic mass is 10.2. The molecule has 0 radical (unpaired) electrons. The van der Waals surface area contributed by atoms with E-state index >= 15 is 0 Å². The van der Waals surface area contributed by atoms with E-state index in [1.807, 2.05) is 0 Å². The van der Waals surface area contributed by atoms with Crippen molar-refractivity contribution in [2.24, 2.45) is 0 Å². The van der Waals surface area contributed by atoms with Crippen LogP contribution in [0.1, 0.15) is 38.5 Å². The van der Waals surface area contributed by atoms with Crippen molar-refractivity contribution in [3.63, 3.8) is 0 Å². The Morgan fingerprint density at radius 2 is 1.27 bits per heavy atom. The van der Waals surface area contributed by atoms with Crippen LogP contribution in [0.2, 0.25) is 5.54 Å². The van der Waals surface area contributed by atoms with Gasteiger partial charge in [-0.3, -0.25) is 0 Å². The second kappa shape index (κ2) is 4.77. The highest BCUT2D eigenvalue weighted by molar-refractivity contribution is 9.72.